The van der Waals surface area contributed by atoms with Gasteiger partial charge in [0.05, 0.1) is 10.0 Å². The molecule has 0 unspecified atom stereocenters. The van der Waals surface area contributed by atoms with Crippen LogP contribution in [0.2, 0.25) is 0 Å². The third kappa shape index (κ3) is 4.94. The number of benzene rings is 3. The minimum atomic E-state index is -0.362. The minimum Gasteiger partial charge on any atom is -0.488 e. The molecule has 126 valence electrons. The fourth-order valence-corrected chi connectivity index (χ4v) is 2.78. The third-order valence-electron chi connectivity index (χ3n) is 3.62. The molecule has 25 heavy (non-hydrogen) atoms. The van der Waals surface area contributed by atoms with Crippen LogP contribution in [0.15, 0.2) is 83.3 Å². The lowest BCUT2D eigenvalue weighted by atomic mass is 10.2. The predicted molar refractivity (Wildman–Crippen MR) is 100 cm³/mol. The summed E-state index contributed by atoms with van der Waals surface area (Å²) in [4.78, 5) is 12.2. The minimum absolute atomic E-state index is 0.254. The Morgan fingerprint density at radius 2 is 1.40 bits per heavy atom. The molecule has 0 bridgehead atoms. The largest absolute Gasteiger partial charge is 0.488 e. The van der Waals surface area contributed by atoms with Crippen molar-refractivity contribution in [1.82, 2.24) is 0 Å². The summed E-state index contributed by atoms with van der Waals surface area (Å²) < 4.78 is 11.8. The first-order valence-electron chi connectivity index (χ1n) is 7.90. The molecule has 0 heterocycles. The van der Waals surface area contributed by atoms with Gasteiger partial charge in [-0.2, -0.15) is 0 Å². The highest BCUT2D eigenvalue weighted by Crippen LogP contribution is 2.27. The summed E-state index contributed by atoms with van der Waals surface area (Å²) in [5.41, 5.74) is 2.52. The zero-order valence-corrected chi connectivity index (χ0v) is 15.1. The summed E-state index contributed by atoms with van der Waals surface area (Å²) >= 11 is 3.45. The Morgan fingerprint density at radius 1 is 0.800 bits per heavy atom. The number of rotatable bonds is 6. The monoisotopic (exact) mass is 396 g/mol. The molecule has 0 aromatic heterocycles. The SMILES string of the molecule is O=C(OCc1ccccc1)c1ccc(OCc2ccccc2)c(Br)c1. The molecule has 0 saturated heterocycles. The van der Waals surface area contributed by atoms with Gasteiger partial charge in [0, 0.05) is 0 Å². The van der Waals surface area contributed by atoms with Gasteiger partial charge in [-0.1, -0.05) is 60.7 Å². The van der Waals surface area contributed by atoms with Gasteiger partial charge in [-0.05, 0) is 45.3 Å². The van der Waals surface area contributed by atoms with Gasteiger partial charge >= 0.3 is 5.97 Å². The number of halogens is 1. The summed E-state index contributed by atoms with van der Waals surface area (Å²) in [6.07, 6.45) is 0. The third-order valence-corrected chi connectivity index (χ3v) is 4.24. The smallest absolute Gasteiger partial charge is 0.338 e. The Bertz CT molecular complexity index is 832. The summed E-state index contributed by atoms with van der Waals surface area (Å²) in [7, 11) is 0. The van der Waals surface area contributed by atoms with Crippen LogP contribution >= 0.6 is 15.9 Å². The molecule has 4 heteroatoms. The second kappa shape index (κ2) is 8.49. The van der Waals surface area contributed by atoms with Crippen LogP contribution in [0.3, 0.4) is 0 Å². The highest BCUT2D eigenvalue weighted by Gasteiger charge is 2.11. The van der Waals surface area contributed by atoms with Crippen LogP contribution in [0.1, 0.15) is 21.5 Å². The number of esters is 1. The Kier molecular flexibility index (Phi) is 5.86. The van der Waals surface area contributed by atoms with Gasteiger partial charge in [-0.15, -0.1) is 0 Å². The number of carbonyl (C=O) groups is 1. The zero-order chi connectivity index (χ0) is 17.5. The molecule has 0 aliphatic heterocycles. The molecule has 0 atom stereocenters. The molecule has 0 radical (unpaired) electrons. The zero-order valence-electron chi connectivity index (χ0n) is 13.5. The number of carbonyl (C=O) groups excluding carboxylic acids is 1. The lowest BCUT2D eigenvalue weighted by Gasteiger charge is -2.10. The maximum Gasteiger partial charge on any atom is 0.338 e. The van der Waals surface area contributed by atoms with Gasteiger partial charge < -0.3 is 9.47 Å². The van der Waals surface area contributed by atoms with Gasteiger partial charge in [0.15, 0.2) is 0 Å². The van der Waals surface area contributed by atoms with Crippen LogP contribution < -0.4 is 4.74 Å². The molecule has 3 aromatic rings. The van der Waals surface area contributed by atoms with Crippen molar-refractivity contribution >= 4 is 21.9 Å². The highest BCUT2D eigenvalue weighted by molar-refractivity contribution is 9.10. The van der Waals surface area contributed by atoms with E-state index in [1.54, 1.807) is 18.2 Å². The van der Waals surface area contributed by atoms with Crippen molar-refractivity contribution in [2.24, 2.45) is 0 Å². The molecule has 0 aliphatic rings. The van der Waals surface area contributed by atoms with E-state index in [-0.39, 0.29) is 12.6 Å². The molecule has 3 rings (SSSR count). The molecule has 0 aliphatic carbocycles. The fraction of sp³-hybridized carbons (Fsp3) is 0.0952. The van der Waals surface area contributed by atoms with Crippen LogP contribution in [0.25, 0.3) is 0 Å². The van der Waals surface area contributed by atoms with E-state index in [1.165, 1.54) is 0 Å². The molecule has 0 fully saturated rings. The van der Waals surface area contributed by atoms with E-state index in [2.05, 4.69) is 15.9 Å². The van der Waals surface area contributed by atoms with Crippen LogP contribution in [0, 0.1) is 0 Å². The van der Waals surface area contributed by atoms with E-state index in [1.807, 2.05) is 60.7 Å². The molecule has 0 N–H and O–H groups in total. The lowest BCUT2D eigenvalue weighted by molar-refractivity contribution is 0.0472. The van der Waals surface area contributed by atoms with Crippen molar-refractivity contribution in [2.45, 2.75) is 13.2 Å². The first-order valence-corrected chi connectivity index (χ1v) is 8.69. The molecular formula is C21H17BrO3. The van der Waals surface area contributed by atoms with E-state index in [0.717, 1.165) is 15.6 Å². The summed E-state index contributed by atoms with van der Waals surface area (Å²) in [6, 6.07) is 24.7. The van der Waals surface area contributed by atoms with Gasteiger partial charge in [0.25, 0.3) is 0 Å². The van der Waals surface area contributed by atoms with E-state index >= 15 is 0 Å². The number of hydrogen-bond acceptors (Lipinski definition) is 3. The average Bonchev–Trinajstić information content (AvgIpc) is 2.66. The Hall–Kier alpha value is -2.59. The first kappa shape index (κ1) is 17.2. The molecule has 0 saturated carbocycles. The van der Waals surface area contributed by atoms with Crippen molar-refractivity contribution in [3.63, 3.8) is 0 Å². The maximum absolute atomic E-state index is 12.2. The molecular weight excluding hydrogens is 380 g/mol. The number of ether oxygens (including phenoxy) is 2. The highest BCUT2D eigenvalue weighted by atomic mass is 79.9. The van der Waals surface area contributed by atoms with E-state index < -0.39 is 0 Å². The van der Waals surface area contributed by atoms with Gasteiger partial charge in [-0.25, -0.2) is 4.79 Å². The second-order valence-corrected chi connectivity index (χ2v) is 6.34. The predicted octanol–water partition coefficient (Wildman–Crippen LogP) is 5.39. The normalized spacial score (nSPS) is 10.3. The molecule has 0 amide bonds. The Labute approximate surface area is 155 Å². The van der Waals surface area contributed by atoms with E-state index in [9.17, 15) is 4.79 Å². The molecule has 3 nitrogen and oxygen atoms in total. The average molecular weight is 397 g/mol. The van der Waals surface area contributed by atoms with Crippen molar-refractivity contribution in [3.05, 3.63) is 100 Å². The van der Waals surface area contributed by atoms with Crippen LogP contribution in [-0.4, -0.2) is 5.97 Å². The van der Waals surface area contributed by atoms with Crippen LogP contribution in [0.5, 0.6) is 5.75 Å². The Balaban J connectivity index is 1.60. The van der Waals surface area contributed by atoms with Gasteiger partial charge in [-0.3, -0.25) is 0 Å². The fourth-order valence-electron chi connectivity index (χ4n) is 2.29. The quantitative estimate of drug-likeness (QED) is 0.524. The first-order chi connectivity index (χ1) is 12.2. The van der Waals surface area contributed by atoms with Crippen LogP contribution in [0.4, 0.5) is 0 Å². The maximum atomic E-state index is 12.2. The Morgan fingerprint density at radius 3 is 2.00 bits per heavy atom. The lowest BCUT2D eigenvalue weighted by Crippen LogP contribution is -2.05. The molecule has 0 spiro atoms. The summed E-state index contributed by atoms with van der Waals surface area (Å²) in [6.45, 7) is 0.723. The number of hydrogen-bond donors (Lipinski definition) is 0. The second-order valence-electron chi connectivity index (χ2n) is 5.48. The summed E-state index contributed by atoms with van der Waals surface area (Å²) in [5.74, 6) is 0.322. The molecule has 3 aromatic carbocycles. The van der Waals surface area contributed by atoms with Crippen LogP contribution in [-0.2, 0) is 18.0 Å². The topological polar surface area (TPSA) is 35.5 Å². The van der Waals surface area contributed by atoms with Crippen molar-refractivity contribution < 1.29 is 14.3 Å². The standard InChI is InChI=1S/C21H17BrO3/c22-19-13-18(21(23)25-15-17-9-5-2-6-10-17)11-12-20(19)24-14-16-7-3-1-4-8-16/h1-13H,14-15H2. The van der Waals surface area contributed by atoms with E-state index in [4.69, 9.17) is 9.47 Å². The summed E-state index contributed by atoms with van der Waals surface area (Å²) in [5, 5.41) is 0. The van der Waals surface area contributed by atoms with Gasteiger partial charge in [0.2, 0.25) is 0 Å². The van der Waals surface area contributed by atoms with E-state index in [0.29, 0.717) is 17.9 Å². The van der Waals surface area contributed by atoms with Gasteiger partial charge in [0.1, 0.15) is 19.0 Å². The van der Waals surface area contributed by atoms with Crippen molar-refractivity contribution in [1.29, 1.82) is 0 Å². The van der Waals surface area contributed by atoms with Crippen molar-refractivity contribution in [2.75, 3.05) is 0 Å². The van der Waals surface area contributed by atoms with Crippen molar-refractivity contribution in [3.8, 4) is 5.75 Å².